The zero-order valence-electron chi connectivity index (χ0n) is 14.7. The normalized spacial score (nSPS) is 21.8. The average Bonchev–Trinajstić information content (AvgIpc) is 2.98. The number of methoxy groups -OCH3 is 1. The van der Waals surface area contributed by atoms with Crippen LogP contribution in [-0.2, 0) is 17.6 Å². The quantitative estimate of drug-likeness (QED) is 0.901. The molecule has 1 unspecified atom stereocenters. The number of thiazole rings is 1. The Balaban J connectivity index is 1.53. The molecule has 1 aliphatic heterocycles. The predicted octanol–water partition coefficient (Wildman–Crippen LogP) is 2.38. The standard InChI is InChI=1S/C17H28N4O2S/c1-3-20(11-12-6-8-21(9-7-12)17(22)23-2)13-4-5-14-15(10-13)24-16(18)19-14/h12-13H,3-11H2,1-2H3,(H2,18,19). The van der Waals surface area contributed by atoms with Crippen LogP contribution in [0.4, 0.5) is 9.93 Å². The smallest absolute Gasteiger partial charge is 0.409 e. The molecule has 1 amide bonds. The molecule has 134 valence electrons. The van der Waals surface area contributed by atoms with Crippen molar-refractivity contribution in [3.8, 4) is 0 Å². The van der Waals surface area contributed by atoms with Crippen LogP contribution in [0.25, 0.3) is 0 Å². The number of anilines is 1. The lowest BCUT2D eigenvalue weighted by Crippen LogP contribution is -2.45. The summed E-state index contributed by atoms with van der Waals surface area (Å²) in [4.78, 5) is 21.9. The van der Waals surface area contributed by atoms with Gasteiger partial charge >= 0.3 is 6.09 Å². The number of ether oxygens (including phenoxy) is 1. The van der Waals surface area contributed by atoms with Crippen molar-refractivity contribution in [3.05, 3.63) is 10.6 Å². The van der Waals surface area contributed by atoms with Crippen molar-refractivity contribution in [1.82, 2.24) is 14.8 Å². The van der Waals surface area contributed by atoms with E-state index in [4.69, 9.17) is 10.5 Å². The summed E-state index contributed by atoms with van der Waals surface area (Å²) in [7, 11) is 1.46. The highest BCUT2D eigenvalue weighted by Crippen LogP contribution is 2.31. The summed E-state index contributed by atoms with van der Waals surface area (Å²) in [6, 6.07) is 0.598. The Morgan fingerprint density at radius 2 is 2.17 bits per heavy atom. The SMILES string of the molecule is CCN(CC1CCN(C(=O)OC)CC1)C1CCc2nc(N)sc2C1. The van der Waals surface area contributed by atoms with Crippen LogP contribution < -0.4 is 5.73 Å². The third kappa shape index (κ3) is 3.83. The first-order valence-electron chi connectivity index (χ1n) is 8.91. The van der Waals surface area contributed by atoms with Crippen molar-refractivity contribution in [2.45, 2.75) is 45.1 Å². The van der Waals surface area contributed by atoms with Gasteiger partial charge in [-0.2, -0.15) is 0 Å². The lowest BCUT2D eigenvalue weighted by molar-refractivity contribution is 0.0900. The fourth-order valence-corrected chi connectivity index (χ4v) is 4.93. The van der Waals surface area contributed by atoms with E-state index in [-0.39, 0.29) is 6.09 Å². The zero-order chi connectivity index (χ0) is 17.1. The number of amides is 1. The van der Waals surface area contributed by atoms with E-state index in [0.29, 0.717) is 17.1 Å². The van der Waals surface area contributed by atoms with E-state index in [0.717, 1.165) is 51.9 Å². The number of rotatable bonds is 4. The molecule has 1 aromatic rings. The number of hydrogen-bond acceptors (Lipinski definition) is 6. The third-order valence-electron chi connectivity index (χ3n) is 5.39. The minimum Gasteiger partial charge on any atom is -0.453 e. The summed E-state index contributed by atoms with van der Waals surface area (Å²) in [5, 5.41) is 0.707. The van der Waals surface area contributed by atoms with E-state index in [9.17, 15) is 4.79 Å². The Hall–Kier alpha value is -1.34. The summed E-state index contributed by atoms with van der Waals surface area (Å²) >= 11 is 1.66. The molecule has 0 bridgehead atoms. The molecule has 0 saturated carbocycles. The lowest BCUT2D eigenvalue weighted by atomic mass is 9.92. The second-order valence-electron chi connectivity index (χ2n) is 6.81. The molecule has 1 aromatic heterocycles. The van der Waals surface area contributed by atoms with Gasteiger partial charge in [-0.05, 0) is 44.6 Å². The van der Waals surface area contributed by atoms with E-state index in [1.165, 1.54) is 24.1 Å². The number of aryl methyl sites for hydroxylation is 1. The van der Waals surface area contributed by atoms with Crippen LogP contribution in [0.5, 0.6) is 0 Å². The highest BCUT2D eigenvalue weighted by molar-refractivity contribution is 7.15. The van der Waals surface area contributed by atoms with Crippen molar-refractivity contribution in [1.29, 1.82) is 0 Å². The predicted molar refractivity (Wildman–Crippen MR) is 96.3 cm³/mol. The Kier molecular flexibility index (Phi) is 5.61. The highest BCUT2D eigenvalue weighted by Gasteiger charge is 2.29. The van der Waals surface area contributed by atoms with Gasteiger partial charge in [-0.1, -0.05) is 6.92 Å². The van der Waals surface area contributed by atoms with Crippen LogP contribution >= 0.6 is 11.3 Å². The van der Waals surface area contributed by atoms with Crippen molar-refractivity contribution in [2.75, 3.05) is 39.0 Å². The van der Waals surface area contributed by atoms with Crippen molar-refractivity contribution in [3.63, 3.8) is 0 Å². The molecule has 2 heterocycles. The molecule has 1 fully saturated rings. The fourth-order valence-electron chi connectivity index (χ4n) is 3.98. The number of fused-ring (bicyclic) bond motifs is 1. The maximum Gasteiger partial charge on any atom is 0.409 e. The van der Waals surface area contributed by atoms with E-state index in [1.54, 1.807) is 11.3 Å². The second kappa shape index (κ2) is 7.70. The topological polar surface area (TPSA) is 71.7 Å². The van der Waals surface area contributed by atoms with Gasteiger partial charge in [-0.25, -0.2) is 9.78 Å². The third-order valence-corrected chi connectivity index (χ3v) is 6.34. The number of nitrogens with two attached hydrogens (primary N) is 1. The molecule has 1 aliphatic carbocycles. The molecule has 6 nitrogen and oxygen atoms in total. The molecule has 2 N–H and O–H groups in total. The fraction of sp³-hybridized carbons (Fsp3) is 0.765. The maximum atomic E-state index is 11.6. The van der Waals surface area contributed by atoms with Gasteiger partial charge in [-0.15, -0.1) is 11.3 Å². The van der Waals surface area contributed by atoms with E-state index in [2.05, 4.69) is 16.8 Å². The maximum absolute atomic E-state index is 11.6. The molecular formula is C17H28N4O2S. The van der Waals surface area contributed by atoms with Crippen LogP contribution in [0.15, 0.2) is 0 Å². The molecule has 1 atom stereocenters. The van der Waals surface area contributed by atoms with Gasteiger partial charge in [0, 0.05) is 30.6 Å². The number of hydrogen-bond donors (Lipinski definition) is 1. The molecule has 0 spiro atoms. The van der Waals surface area contributed by atoms with Gasteiger partial charge in [0.2, 0.25) is 0 Å². The highest BCUT2D eigenvalue weighted by atomic mass is 32.1. The Morgan fingerprint density at radius 3 is 2.83 bits per heavy atom. The summed E-state index contributed by atoms with van der Waals surface area (Å²) in [6.07, 6.45) is 5.24. The first kappa shape index (κ1) is 17.5. The van der Waals surface area contributed by atoms with Crippen molar-refractivity contribution >= 4 is 22.6 Å². The first-order chi connectivity index (χ1) is 11.6. The number of nitrogens with zero attached hydrogens (tertiary/aromatic N) is 3. The minimum absolute atomic E-state index is 0.191. The largest absolute Gasteiger partial charge is 0.453 e. The molecule has 0 aromatic carbocycles. The number of nitrogen functional groups attached to an aromatic ring is 1. The van der Waals surface area contributed by atoms with E-state index < -0.39 is 0 Å². The number of likely N-dealkylation sites (tertiary alicyclic amines) is 1. The number of piperidine rings is 1. The number of aromatic nitrogens is 1. The molecular weight excluding hydrogens is 324 g/mol. The van der Waals surface area contributed by atoms with Gasteiger partial charge in [0.25, 0.3) is 0 Å². The molecule has 24 heavy (non-hydrogen) atoms. The average molecular weight is 353 g/mol. The minimum atomic E-state index is -0.191. The summed E-state index contributed by atoms with van der Waals surface area (Å²) in [6.45, 7) is 6.08. The molecule has 3 rings (SSSR count). The van der Waals surface area contributed by atoms with Crippen LogP contribution in [0.2, 0.25) is 0 Å². The molecule has 2 aliphatic rings. The van der Waals surface area contributed by atoms with Gasteiger partial charge in [0.15, 0.2) is 5.13 Å². The monoisotopic (exact) mass is 352 g/mol. The molecule has 1 saturated heterocycles. The lowest BCUT2D eigenvalue weighted by Gasteiger charge is -2.38. The Morgan fingerprint density at radius 1 is 1.42 bits per heavy atom. The van der Waals surface area contributed by atoms with Crippen LogP contribution in [0.1, 0.15) is 36.8 Å². The van der Waals surface area contributed by atoms with Crippen LogP contribution in [0.3, 0.4) is 0 Å². The summed E-state index contributed by atoms with van der Waals surface area (Å²) in [5.74, 6) is 0.666. The summed E-state index contributed by atoms with van der Waals surface area (Å²) in [5.41, 5.74) is 7.08. The molecule has 0 radical (unpaired) electrons. The van der Waals surface area contributed by atoms with Gasteiger partial charge < -0.3 is 20.3 Å². The van der Waals surface area contributed by atoms with Crippen molar-refractivity contribution in [2.24, 2.45) is 5.92 Å². The Labute approximate surface area is 148 Å². The number of likely N-dealkylation sites (N-methyl/N-ethyl adjacent to an activating group) is 1. The number of carbonyl (C=O) groups excluding carboxylic acids is 1. The first-order valence-corrected chi connectivity index (χ1v) is 9.73. The van der Waals surface area contributed by atoms with Gasteiger partial charge in [-0.3, -0.25) is 0 Å². The van der Waals surface area contributed by atoms with E-state index >= 15 is 0 Å². The Bertz CT molecular complexity index is 569. The van der Waals surface area contributed by atoms with Crippen molar-refractivity contribution < 1.29 is 9.53 Å². The number of carbonyl (C=O) groups is 1. The second-order valence-corrected chi connectivity index (χ2v) is 7.92. The van der Waals surface area contributed by atoms with Crippen LogP contribution in [-0.4, -0.2) is 60.2 Å². The van der Waals surface area contributed by atoms with Gasteiger partial charge in [0.05, 0.1) is 12.8 Å². The molecule has 7 heteroatoms. The summed E-state index contributed by atoms with van der Waals surface area (Å²) < 4.78 is 4.82. The zero-order valence-corrected chi connectivity index (χ0v) is 15.5. The van der Waals surface area contributed by atoms with Crippen LogP contribution in [0, 0.1) is 5.92 Å². The van der Waals surface area contributed by atoms with E-state index in [1.807, 2.05) is 4.90 Å². The van der Waals surface area contributed by atoms with Gasteiger partial charge in [0.1, 0.15) is 0 Å².